The van der Waals surface area contributed by atoms with Crippen LogP contribution in [0.1, 0.15) is 42.3 Å². The van der Waals surface area contributed by atoms with Crippen LogP contribution in [-0.2, 0) is 17.0 Å². The summed E-state index contributed by atoms with van der Waals surface area (Å²) in [5.41, 5.74) is 2.82. The molecule has 0 aliphatic rings. The summed E-state index contributed by atoms with van der Waals surface area (Å²) >= 11 is 1.27. The monoisotopic (exact) mass is 265 g/mol. The lowest BCUT2D eigenvalue weighted by molar-refractivity contribution is -0.109. The zero-order chi connectivity index (χ0) is 13.5. The largest absolute Gasteiger partial charge is 0.352 e. The van der Waals surface area contributed by atoms with Gasteiger partial charge in [0.25, 0.3) is 5.91 Å². The third-order valence-corrected chi connectivity index (χ3v) is 3.39. The molecule has 1 N–H and O–H groups in total. The Kier molecular flexibility index (Phi) is 5.92. The van der Waals surface area contributed by atoms with E-state index < -0.39 is 0 Å². The molecule has 0 saturated carbocycles. The molecule has 0 unspecified atom stereocenters. The first kappa shape index (κ1) is 14.8. The first-order valence-corrected chi connectivity index (χ1v) is 7.09. The number of hydrogen-bond acceptors (Lipinski definition) is 3. The van der Waals surface area contributed by atoms with Crippen LogP contribution in [0.2, 0.25) is 0 Å². The van der Waals surface area contributed by atoms with Crippen LogP contribution in [0.5, 0.6) is 0 Å². The molecule has 0 atom stereocenters. The summed E-state index contributed by atoms with van der Waals surface area (Å²) in [6, 6.07) is 5.83. The third kappa shape index (κ3) is 4.53. The molecule has 4 heteroatoms. The van der Waals surface area contributed by atoms with Gasteiger partial charge >= 0.3 is 0 Å². The van der Waals surface area contributed by atoms with E-state index in [1.165, 1.54) is 11.8 Å². The lowest BCUT2D eigenvalue weighted by Crippen LogP contribution is -2.22. The van der Waals surface area contributed by atoms with Crippen molar-refractivity contribution in [1.29, 1.82) is 0 Å². The molecule has 0 aliphatic heterocycles. The number of nitrogens with one attached hydrogen (secondary N) is 1. The van der Waals surface area contributed by atoms with Crippen molar-refractivity contribution in [2.75, 3.05) is 6.54 Å². The van der Waals surface area contributed by atoms with E-state index in [-0.39, 0.29) is 11.0 Å². The number of thioether (sulfide) groups is 1. The zero-order valence-corrected chi connectivity index (χ0v) is 11.9. The van der Waals surface area contributed by atoms with Crippen molar-refractivity contribution >= 4 is 22.8 Å². The van der Waals surface area contributed by atoms with E-state index in [4.69, 9.17) is 0 Å². The summed E-state index contributed by atoms with van der Waals surface area (Å²) in [5.74, 6) is 0.567. The van der Waals surface area contributed by atoms with E-state index in [9.17, 15) is 9.59 Å². The molecule has 1 rings (SSSR count). The molecule has 0 aromatic heterocycles. The maximum atomic E-state index is 11.8. The fourth-order valence-corrected chi connectivity index (χ4v) is 2.17. The van der Waals surface area contributed by atoms with Crippen LogP contribution >= 0.6 is 11.8 Å². The predicted octanol–water partition coefficient (Wildman–Crippen LogP) is 2.78. The van der Waals surface area contributed by atoms with E-state index >= 15 is 0 Å². The second-order valence-electron chi connectivity index (χ2n) is 4.03. The van der Waals surface area contributed by atoms with E-state index in [1.807, 2.05) is 19.1 Å². The lowest BCUT2D eigenvalue weighted by Gasteiger charge is -2.08. The fourth-order valence-electron chi connectivity index (χ4n) is 1.63. The highest BCUT2D eigenvalue weighted by molar-refractivity contribution is 8.12. The molecule has 1 amide bonds. The molecule has 0 saturated heterocycles. The molecule has 1 aromatic rings. The van der Waals surface area contributed by atoms with Crippen molar-refractivity contribution in [1.82, 2.24) is 5.32 Å². The number of amides is 1. The van der Waals surface area contributed by atoms with Gasteiger partial charge in [-0.15, -0.1) is 0 Å². The number of carbonyl (C=O) groups is 2. The van der Waals surface area contributed by atoms with E-state index in [2.05, 4.69) is 18.3 Å². The summed E-state index contributed by atoms with van der Waals surface area (Å²) in [6.07, 6.45) is 0.880. The summed E-state index contributed by atoms with van der Waals surface area (Å²) in [7, 11) is 0. The van der Waals surface area contributed by atoms with Gasteiger partial charge < -0.3 is 5.32 Å². The maximum Gasteiger partial charge on any atom is 0.251 e. The molecule has 3 nitrogen and oxygen atoms in total. The molecule has 98 valence electrons. The first-order chi connectivity index (χ1) is 8.56. The van der Waals surface area contributed by atoms with Gasteiger partial charge in [-0.2, -0.15) is 0 Å². The summed E-state index contributed by atoms with van der Waals surface area (Å²) in [4.78, 5) is 22.8. The minimum atomic E-state index is -0.0538. The normalized spacial score (nSPS) is 10.2. The van der Waals surface area contributed by atoms with Crippen molar-refractivity contribution in [3.8, 4) is 0 Å². The van der Waals surface area contributed by atoms with Crippen LogP contribution < -0.4 is 5.32 Å². The zero-order valence-electron chi connectivity index (χ0n) is 11.1. The van der Waals surface area contributed by atoms with Gasteiger partial charge in [-0.25, -0.2) is 0 Å². The van der Waals surface area contributed by atoms with E-state index in [0.29, 0.717) is 17.9 Å². The van der Waals surface area contributed by atoms with Crippen molar-refractivity contribution in [2.45, 2.75) is 32.9 Å². The minimum Gasteiger partial charge on any atom is -0.352 e. The highest BCUT2D eigenvalue weighted by Crippen LogP contribution is 2.17. The smallest absolute Gasteiger partial charge is 0.251 e. The fraction of sp³-hybridized carbons (Fsp3) is 0.429. The highest BCUT2D eigenvalue weighted by atomic mass is 32.2. The van der Waals surface area contributed by atoms with Crippen molar-refractivity contribution in [3.63, 3.8) is 0 Å². The molecular formula is C14H19NO2S. The topological polar surface area (TPSA) is 46.2 Å². The molecule has 0 heterocycles. The highest BCUT2D eigenvalue weighted by Gasteiger charge is 2.08. The van der Waals surface area contributed by atoms with Crippen molar-refractivity contribution < 1.29 is 9.59 Å². The second-order valence-corrected chi connectivity index (χ2v) is 5.18. The Hall–Kier alpha value is -1.29. The second kappa shape index (κ2) is 7.21. The Bertz CT molecular complexity index is 443. The Balaban J connectivity index is 2.93. The Morgan fingerprint density at radius 3 is 2.39 bits per heavy atom. The molecule has 0 radical (unpaired) electrons. The first-order valence-electron chi connectivity index (χ1n) is 6.11. The van der Waals surface area contributed by atoms with Gasteiger partial charge in [0, 0.05) is 24.8 Å². The Labute approximate surface area is 112 Å². The average molecular weight is 265 g/mol. The summed E-state index contributed by atoms with van der Waals surface area (Å²) in [5, 5.41) is 2.89. The summed E-state index contributed by atoms with van der Waals surface area (Å²) < 4.78 is 0. The number of benzene rings is 1. The van der Waals surface area contributed by atoms with Crippen molar-refractivity contribution in [2.24, 2.45) is 0 Å². The molecule has 1 aromatic carbocycles. The number of rotatable bonds is 5. The van der Waals surface area contributed by atoms with Gasteiger partial charge in [0.05, 0.1) is 0 Å². The molecule has 0 fully saturated rings. The molecule has 0 bridgehead atoms. The molecule has 0 spiro atoms. The number of aryl methyl sites for hydroxylation is 1. The predicted molar refractivity (Wildman–Crippen MR) is 75.8 cm³/mol. The van der Waals surface area contributed by atoms with Gasteiger partial charge in [-0.1, -0.05) is 24.8 Å². The molecule has 0 aliphatic carbocycles. The standard InChI is InChI=1S/C14H19NO2S/c1-4-11-6-12(9-18-10(3)16)8-13(7-11)14(17)15-5-2/h6-8H,4-5,9H2,1-3H3,(H,15,17). The molecule has 18 heavy (non-hydrogen) atoms. The van der Waals surface area contributed by atoms with Crippen molar-refractivity contribution in [3.05, 3.63) is 34.9 Å². The van der Waals surface area contributed by atoms with Crippen LogP contribution in [0.3, 0.4) is 0 Å². The van der Waals surface area contributed by atoms with Crippen LogP contribution in [0.15, 0.2) is 18.2 Å². The van der Waals surface area contributed by atoms with Crippen LogP contribution in [-0.4, -0.2) is 17.6 Å². The Morgan fingerprint density at radius 2 is 1.83 bits per heavy atom. The third-order valence-electron chi connectivity index (χ3n) is 2.50. The average Bonchev–Trinajstić information content (AvgIpc) is 2.36. The molecular weight excluding hydrogens is 246 g/mol. The van der Waals surface area contributed by atoms with Gasteiger partial charge in [0.15, 0.2) is 5.12 Å². The summed E-state index contributed by atoms with van der Waals surface area (Å²) in [6.45, 7) is 6.12. The van der Waals surface area contributed by atoms with Gasteiger partial charge in [0.2, 0.25) is 0 Å². The minimum absolute atomic E-state index is 0.0538. The maximum absolute atomic E-state index is 11.8. The van der Waals surface area contributed by atoms with Crippen LogP contribution in [0.4, 0.5) is 0 Å². The Morgan fingerprint density at radius 1 is 1.17 bits per heavy atom. The lowest BCUT2D eigenvalue weighted by atomic mass is 10.0. The van der Waals surface area contributed by atoms with E-state index in [0.717, 1.165) is 17.5 Å². The van der Waals surface area contributed by atoms with Crippen LogP contribution in [0.25, 0.3) is 0 Å². The van der Waals surface area contributed by atoms with Crippen LogP contribution in [0, 0.1) is 0 Å². The van der Waals surface area contributed by atoms with E-state index in [1.54, 1.807) is 6.92 Å². The number of carbonyl (C=O) groups excluding carboxylic acids is 2. The van der Waals surface area contributed by atoms with Gasteiger partial charge in [-0.05, 0) is 36.6 Å². The quantitative estimate of drug-likeness (QED) is 0.890. The van der Waals surface area contributed by atoms with Gasteiger partial charge in [0.1, 0.15) is 0 Å². The number of hydrogen-bond donors (Lipinski definition) is 1. The SMILES string of the molecule is CCNC(=O)c1cc(CC)cc(CSC(C)=O)c1. The van der Waals surface area contributed by atoms with Gasteiger partial charge in [-0.3, -0.25) is 9.59 Å².